The van der Waals surface area contributed by atoms with Crippen molar-refractivity contribution in [2.45, 2.75) is 37.4 Å². The second-order valence-electron chi connectivity index (χ2n) is 6.78. The molecule has 0 fully saturated rings. The maximum absolute atomic E-state index is 13.0. The lowest BCUT2D eigenvalue weighted by molar-refractivity contribution is -0.137. The number of benzene rings is 1. The minimum atomic E-state index is -4.46. The Kier molecular flexibility index (Phi) is 5.76. The predicted molar refractivity (Wildman–Crippen MR) is 102 cm³/mol. The van der Waals surface area contributed by atoms with Gasteiger partial charge < -0.3 is 5.73 Å². The van der Waals surface area contributed by atoms with E-state index in [1.54, 1.807) is 32.2 Å². The topological polar surface area (TPSA) is 89.5 Å². The van der Waals surface area contributed by atoms with Crippen LogP contribution in [0.2, 0.25) is 0 Å². The highest BCUT2D eigenvalue weighted by atomic mass is 32.2. The Hall–Kier alpha value is -2.72. The third-order valence-corrected chi connectivity index (χ3v) is 5.60. The third kappa shape index (κ3) is 4.48. The average Bonchev–Trinajstić information content (AvgIpc) is 3.08. The molecule has 0 aliphatic heterocycles. The molecule has 154 valence electrons. The normalized spacial score (nSPS) is 13.2. The van der Waals surface area contributed by atoms with E-state index in [2.05, 4.69) is 9.82 Å². The number of primary amides is 1. The first-order valence-corrected chi connectivity index (χ1v) is 9.85. The van der Waals surface area contributed by atoms with Crippen molar-refractivity contribution in [2.75, 3.05) is 0 Å². The molecule has 3 rings (SSSR count). The Balaban J connectivity index is 1.83. The summed E-state index contributed by atoms with van der Waals surface area (Å²) >= 11 is 0. The maximum atomic E-state index is 13.0. The average molecular weight is 424 g/mol. The highest BCUT2D eigenvalue weighted by molar-refractivity contribution is 7.83. The van der Waals surface area contributed by atoms with E-state index in [4.69, 9.17) is 5.73 Å². The van der Waals surface area contributed by atoms with E-state index in [1.807, 2.05) is 0 Å². The Morgan fingerprint density at radius 2 is 2.00 bits per heavy atom. The van der Waals surface area contributed by atoms with Gasteiger partial charge in [-0.25, -0.2) is 13.4 Å². The summed E-state index contributed by atoms with van der Waals surface area (Å²) in [6, 6.07) is 6.63. The zero-order valence-electron chi connectivity index (χ0n) is 15.7. The molecule has 0 bridgehead atoms. The lowest BCUT2D eigenvalue weighted by Crippen LogP contribution is -2.19. The highest BCUT2D eigenvalue weighted by Crippen LogP contribution is 2.33. The van der Waals surface area contributed by atoms with Gasteiger partial charge in [0.15, 0.2) is 0 Å². The number of halogens is 3. The zero-order valence-corrected chi connectivity index (χ0v) is 16.5. The molecular weight excluding hydrogens is 405 g/mol. The van der Waals surface area contributed by atoms with Gasteiger partial charge in [0.1, 0.15) is 11.0 Å². The van der Waals surface area contributed by atoms with E-state index in [0.29, 0.717) is 21.5 Å². The molecule has 0 aliphatic carbocycles. The molecule has 1 atom stereocenters. The molecule has 0 saturated heterocycles. The molecule has 29 heavy (non-hydrogen) atoms. The van der Waals surface area contributed by atoms with Crippen molar-refractivity contribution < 1.29 is 22.2 Å². The number of hydrogen-bond donors (Lipinski definition) is 2. The minimum Gasteiger partial charge on any atom is -0.365 e. The van der Waals surface area contributed by atoms with Crippen LogP contribution in [0.3, 0.4) is 0 Å². The number of pyridine rings is 1. The Bertz CT molecular complexity index is 1090. The SMILES string of the molecule is CC(C)c1cc(C(F)(F)F)ccc1S(=O)NCc1ccn2ncc(C(N)=O)c2c1. The first kappa shape index (κ1) is 21.0. The molecule has 2 aromatic heterocycles. The van der Waals surface area contributed by atoms with E-state index in [-0.39, 0.29) is 18.0 Å². The van der Waals surface area contributed by atoms with Gasteiger partial charge in [0.25, 0.3) is 5.91 Å². The van der Waals surface area contributed by atoms with Crippen molar-refractivity contribution in [3.8, 4) is 0 Å². The summed E-state index contributed by atoms with van der Waals surface area (Å²) in [5.41, 5.74) is 6.41. The first-order chi connectivity index (χ1) is 13.6. The molecule has 1 amide bonds. The summed E-state index contributed by atoms with van der Waals surface area (Å²) in [6.45, 7) is 3.66. The summed E-state index contributed by atoms with van der Waals surface area (Å²) in [6.07, 6.45) is -1.46. The molecule has 3 N–H and O–H groups in total. The second kappa shape index (κ2) is 7.96. The molecule has 0 saturated carbocycles. The monoisotopic (exact) mass is 424 g/mol. The van der Waals surface area contributed by atoms with Crippen LogP contribution in [0.1, 0.15) is 46.8 Å². The molecule has 3 aromatic rings. The quantitative estimate of drug-likeness (QED) is 0.636. The summed E-state index contributed by atoms with van der Waals surface area (Å²) in [5, 5.41) is 4.03. The number of nitrogens with two attached hydrogens (primary N) is 1. The van der Waals surface area contributed by atoms with Crippen LogP contribution in [-0.2, 0) is 23.7 Å². The number of nitrogens with one attached hydrogen (secondary N) is 1. The number of hydrogen-bond acceptors (Lipinski definition) is 3. The fourth-order valence-corrected chi connectivity index (χ4v) is 4.05. The van der Waals surface area contributed by atoms with Gasteiger partial charge in [0, 0.05) is 12.7 Å². The van der Waals surface area contributed by atoms with E-state index in [9.17, 15) is 22.2 Å². The standard InChI is InChI=1S/C19H19F3N4O2S/c1-11(2)14-8-13(19(20,21)22)3-4-17(14)29(28)25-9-12-5-6-26-16(7-12)15(10-24-26)18(23)27/h3-8,10-11,25H,9H2,1-2H3,(H2,23,27). The number of aromatic nitrogens is 2. The lowest BCUT2D eigenvalue weighted by Gasteiger charge is -2.16. The molecule has 1 aromatic carbocycles. The lowest BCUT2D eigenvalue weighted by atomic mass is 10.0. The van der Waals surface area contributed by atoms with Crippen LogP contribution in [-0.4, -0.2) is 19.7 Å². The molecule has 10 heteroatoms. The van der Waals surface area contributed by atoms with E-state index in [0.717, 1.165) is 12.1 Å². The van der Waals surface area contributed by atoms with Crippen molar-refractivity contribution >= 4 is 22.4 Å². The van der Waals surface area contributed by atoms with Crippen LogP contribution >= 0.6 is 0 Å². The smallest absolute Gasteiger partial charge is 0.365 e. The number of alkyl halides is 3. The molecule has 0 aliphatic rings. The van der Waals surface area contributed by atoms with Crippen molar-refractivity contribution in [2.24, 2.45) is 5.73 Å². The van der Waals surface area contributed by atoms with Crippen LogP contribution in [0, 0.1) is 0 Å². The van der Waals surface area contributed by atoms with Gasteiger partial charge in [0.2, 0.25) is 0 Å². The Labute approximate surface area is 167 Å². The van der Waals surface area contributed by atoms with Crippen LogP contribution < -0.4 is 10.5 Å². The number of rotatable bonds is 6. The number of amides is 1. The number of fused-ring (bicyclic) bond motifs is 1. The van der Waals surface area contributed by atoms with Gasteiger partial charge in [-0.3, -0.25) is 4.79 Å². The van der Waals surface area contributed by atoms with Crippen LogP contribution in [0.25, 0.3) is 5.52 Å². The van der Waals surface area contributed by atoms with Crippen molar-refractivity contribution in [1.82, 2.24) is 14.3 Å². The summed E-state index contributed by atoms with van der Waals surface area (Å²) in [5.74, 6) is -0.848. The first-order valence-electron chi connectivity index (χ1n) is 8.70. The van der Waals surface area contributed by atoms with Gasteiger partial charge in [-0.05, 0) is 47.4 Å². The van der Waals surface area contributed by atoms with Crippen LogP contribution in [0.5, 0.6) is 0 Å². The second-order valence-corrected chi connectivity index (χ2v) is 8.05. The molecular formula is C19H19F3N4O2S. The fraction of sp³-hybridized carbons (Fsp3) is 0.263. The van der Waals surface area contributed by atoms with E-state index < -0.39 is 28.6 Å². The largest absolute Gasteiger partial charge is 0.416 e. The van der Waals surface area contributed by atoms with Gasteiger partial charge in [0.05, 0.1) is 27.7 Å². The van der Waals surface area contributed by atoms with Crippen LogP contribution in [0.15, 0.2) is 47.6 Å². The maximum Gasteiger partial charge on any atom is 0.416 e. The fourth-order valence-electron chi connectivity index (χ4n) is 2.90. The minimum absolute atomic E-state index is 0.172. The Morgan fingerprint density at radius 1 is 1.28 bits per heavy atom. The summed E-state index contributed by atoms with van der Waals surface area (Å²) in [4.78, 5) is 11.8. The summed E-state index contributed by atoms with van der Waals surface area (Å²) in [7, 11) is -1.72. The van der Waals surface area contributed by atoms with Gasteiger partial charge in [-0.2, -0.15) is 18.3 Å². The van der Waals surface area contributed by atoms with Gasteiger partial charge in [-0.15, -0.1) is 0 Å². The number of carbonyl (C=O) groups excluding carboxylic acids is 1. The summed E-state index contributed by atoms with van der Waals surface area (Å²) < 4.78 is 56.0. The van der Waals surface area contributed by atoms with E-state index >= 15 is 0 Å². The highest BCUT2D eigenvalue weighted by Gasteiger charge is 2.31. The number of carbonyl (C=O) groups is 1. The predicted octanol–water partition coefficient (Wildman–Crippen LogP) is 3.39. The van der Waals surface area contributed by atoms with Gasteiger partial charge >= 0.3 is 6.18 Å². The van der Waals surface area contributed by atoms with Crippen molar-refractivity contribution in [1.29, 1.82) is 0 Å². The molecule has 0 spiro atoms. The van der Waals surface area contributed by atoms with Gasteiger partial charge in [-0.1, -0.05) is 13.8 Å². The molecule has 2 heterocycles. The zero-order chi connectivity index (χ0) is 21.3. The number of nitrogens with zero attached hydrogens (tertiary/aromatic N) is 2. The molecule has 0 radical (unpaired) electrons. The van der Waals surface area contributed by atoms with Crippen molar-refractivity contribution in [3.05, 3.63) is 65.0 Å². The third-order valence-electron chi connectivity index (χ3n) is 4.42. The Morgan fingerprint density at radius 3 is 2.62 bits per heavy atom. The van der Waals surface area contributed by atoms with Crippen LogP contribution in [0.4, 0.5) is 13.2 Å². The molecule has 1 unspecified atom stereocenters. The van der Waals surface area contributed by atoms with Crippen molar-refractivity contribution in [3.63, 3.8) is 0 Å². The molecule has 6 nitrogen and oxygen atoms in total. The van der Waals surface area contributed by atoms with E-state index in [1.165, 1.54) is 16.8 Å².